The molecule has 1 aromatic heterocycles. The van der Waals surface area contributed by atoms with E-state index < -0.39 is 16.7 Å². The number of benzene rings is 1. The van der Waals surface area contributed by atoms with Crippen LogP contribution in [0, 0.1) is 5.82 Å². The van der Waals surface area contributed by atoms with Gasteiger partial charge in [0.05, 0.1) is 5.69 Å². The van der Waals surface area contributed by atoms with Crippen LogP contribution in [0.25, 0.3) is 0 Å². The number of carbonyl (C=O) groups excluding carboxylic acids is 2. The van der Waals surface area contributed by atoms with Gasteiger partial charge < -0.3 is 9.80 Å². The van der Waals surface area contributed by atoms with Gasteiger partial charge in [-0.25, -0.2) is 12.8 Å². The third kappa shape index (κ3) is 4.40. The Bertz CT molecular complexity index is 920. The monoisotopic (exact) mass is 392 g/mol. The molecule has 1 fully saturated rings. The third-order valence-electron chi connectivity index (χ3n) is 4.21. The molecule has 0 saturated carbocycles. The first-order chi connectivity index (χ1) is 13.0. The number of hydrogen-bond donors (Lipinski definition) is 2. The Morgan fingerprint density at radius 1 is 0.926 bits per heavy atom. The molecule has 0 radical (unpaired) electrons. The van der Waals surface area contributed by atoms with Gasteiger partial charge >= 0.3 is 0 Å². The van der Waals surface area contributed by atoms with Gasteiger partial charge in [-0.05, 0) is 30.3 Å². The summed E-state index contributed by atoms with van der Waals surface area (Å²) in [7, 11) is -2.99. The van der Waals surface area contributed by atoms with Crippen molar-refractivity contribution >= 4 is 28.4 Å². The highest BCUT2D eigenvalue weighted by atomic mass is 32.2. The second kappa shape index (κ2) is 8.12. The first-order valence-electron chi connectivity index (χ1n) is 8.15. The lowest BCUT2D eigenvalue weighted by Gasteiger charge is -2.34. The zero-order valence-electron chi connectivity index (χ0n) is 14.2. The molecular formula is C17H17FN4O4S. The van der Waals surface area contributed by atoms with Crippen LogP contribution in [0.2, 0.25) is 0 Å². The summed E-state index contributed by atoms with van der Waals surface area (Å²) in [6, 6.07) is 6.83. The first-order valence-corrected chi connectivity index (χ1v) is 9.32. The van der Waals surface area contributed by atoms with Crippen LogP contribution in [0.4, 0.5) is 10.1 Å². The lowest BCUT2D eigenvalue weighted by atomic mass is 10.1. The molecular weight excluding hydrogens is 375 g/mol. The van der Waals surface area contributed by atoms with Crippen LogP contribution < -0.4 is 4.72 Å². The molecule has 0 atom stereocenters. The van der Waals surface area contributed by atoms with Crippen LogP contribution in [0.15, 0.2) is 42.7 Å². The molecule has 1 aromatic carbocycles. The van der Waals surface area contributed by atoms with Crippen LogP contribution in [0.3, 0.4) is 0 Å². The number of aromatic nitrogens is 1. The van der Waals surface area contributed by atoms with Gasteiger partial charge in [0.1, 0.15) is 5.82 Å². The van der Waals surface area contributed by atoms with E-state index in [-0.39, 0.29) is 23.1 Å². The van der Waals surface area contributed by atoms with Gasteiger partial charge in [0.2, 0.25) is 10.9 Å². The van der Waals surface area contributed by atoms with Gasteiger partial charge in [0.25, 0.3) is 11.8 Å². The maximum Gasteiger partial charge on any atom is 0.254 e. The molecule has 1 aliphatic rings. The van der Waals surface area contributed by atoms with Gasteiger partial charge in [-0.1, -0.05) is 0 Å². The average molecular weight is 392 g/mol. The van der Waals surface area contributed by atoms with Gasteiger partial charge in [-0.15, -0.1) is 0 Å². The molecule has 1 aliphatic heterocycles. The zero-order chi connectivity index (χ0) is 19.4. The minimum atomic E-state index is -2.99. The van der Waals surface area contributed by atoms with Crippen LogP contribution >= 0.6 is 0 Å². The number of piperazine rings is 1. The fourth-order valence-electron chi connectivity index (χ4n) is 2.81. The molecule has 3 rings (SSSR count). The molecule has 1 saturated heterocycles. The number of hydrogen-bond acceptors (Lipinski definition) is 5. The van der Waals surface area contributed by atoms with Crippen molar-refractivity contribution in [2.45, 2.75) is 0 Å². The molecule has 27 heavy (non-hydrogen) atoms. The maximum absolute atomic E-state index is 13.9. The maximum atomic E-state index is 13.9. The lowest BCUT2D eigenvalue weighted by Crippen LogP contribution is -2.50. The third-order valence-corrected chi connectivity index (χ3v) is 4.63. The number of amides is 2. The number of rotatable bonds is 4. The number of nitrogens with one attached hydrogen (secondary N) is 1. The van der Waals surface area contributed by atoms with E-state index in [1.807, 2.05) is 4.72 Å². The highest BCUT2D eigenvalue weighted by Gasteiger charge is 2.26. The standard InChI is InChI=1S/C17H17FN4O4S/c18-14-11-13(1-2-15(14)20-27(25)26)17(24)22-9-7-21(8-10-22)16(23)12-3-5-19-6-4-12/h1-6,11,27H,7-10H2,(H,20,25,26). The molecule has 0 bridgehead atoms. The second-order valence-corrected chi connectivity index (χ2v) is 6.62. The predicted octanol–water partition coefficient (Wildman–Crippen LogP) is 0.757. The minimum absolute atomic E-state index is 0.119. The van der Waals surface area contributed by atoms with Gasteiger partial charge in [0, 0.05) is 49.7 Å². The summed E-state index contributed by atoms with van der Waals surface area (Å²) in [5.74, 6) is -1.33. The molecule has 1 N–H and O–H groups in total. The molecule has 2 amide bonds. The molecule has 142 valence electrons. The van der Waals surface area contributed by atoms with Gasteiger partial charge in [-0.3, -0.25) is 19.3 Å². The van der Waals surface area contributed by atoms with Crippen molar-refractivity contribution in [2.75, 3.05) is 30.9 Å². The molecule has 0 aliphatic carbocycles. The fourth-order valence-corrected chi connectivity index (χ4v) is 3.19. The quantitative estimate of drug-likeness (QED) is 0.749. The number of pyridine rings is 1. The van der Waals surface area contributed by atoms with E-state index >= 15 is 0 Å². The van der Waals surface area contributed by atoms with Crippen LogP contribution in [0.1, 0.15) is 20.7 Å². The smallest absolute Gasteiger partial charge is 0.254 e. The molecule has 8 nitrogen and oxygen atoms in total. The van der Waals surface area contributed by atoms with E-state index in [9.17, 15) is 22.4 Å². The Labute approximate surface area is 156 Å². The van der Waals surface area contributed by atoms with Crippen molar-refractivity contribution < 1.29 is 22.4 Å². The number of thiol groups is 1. The largest absolute Gasteiger partial charge is 0.335 e. The number of carbonyl (C=O) groups is 2. The molecule has 10 heteroatoms. The minimum Gasteiger partial charge on any atom is -0.335 e. The van der Waals surface area contributed by atoms with E-state index in [1.165, 1.54) is 17.0 Å². The zero-order valence-corrected chi connectivity index (χ0v) is 15.1. The van der Waals surface area contributed by atoms with Crippen molar-refractivity contribution in [3.8, 4) is 0 Å². The van der Waals surface area contributed by atoms with Crippen molar-refractivity contribution in [1.82, 2.24) is 14.8 Å². The Balaban J connectivity index is 1.63. The van der Waals surface area contributed by atoms with Gasteiger partial charge in [-0.2, -0.15) is 0 Å². The number of anilines is 1. The summed E-state index contributed by atoms with van der Waals surface area (Å²) >= 11 is 0. The van der Waals surface area contributed by atoms with Crippen molar-refractivity contribution in [2.24, 2.45) is 0 Å². The molecule has 0 spiro atoms. The first kappa shape index (κ1) is 18.8. The highest BCUT2D eigenvalue weighted by molar-refractivity contribution is 7.73. The summed E-state index contributed by atoms with van der Waals surface area (Å²) in [5, 5.41) is 0. The van der Waals surface area contributed by atoms with Crippen molar-refractivity contribution in [1.29, 1.82) is 0 Å². The predicted molar refractivity (Wildman–Crippen MR) is 96.4 cm³/mol. The topological polar surface area (TPSA) is 99.7 Å². The SMILES string of the molecule is O=C(c1ccncc1)N1CCN(C(=O)c2ccc(N[SH](=O)=O)c(F)c2)CC1. The number of halogens is 1. The van der Waals surface area contributed by atoms with E-state index in [0.717, 1.165) is 6.07 Å². The summed E-state index contributed by atoms with van der Waals surface area (Å²) in [4.78, 5) is 32.0. The highest BCUT2D eigenvalue weighted by Crippen LogP contribution is 2.18. The number of nitrogens with zero attached hydrogens (tertiary/aromatic N) is 3. The normalized spacial score (nSPS) is 14.3. The van der Waals surface area contributed by atoms with Crippen molar-refractivity contribution in [3.05, 3.63) is 59.7 Å². The van der Waals surface area contributed by atoms with Crippen LogP contribution in [0.5, 0.6) is 0 Å². The Kier molecular flexibility index (Phi) is 5.65. The van der Waals surface area contributed by atoms with Crippen LogP contribution in [-0.4, -0.2) is 61.2 Å². The van der Waals surface area contributed by atoms with Crippen LogP contribution in [-0.2, 0) is 10.9 Å². The van der Waals surface area contributed by atoms with E-state index in [1.54, 1.807) is 29.4 Å². The van der Waals surface area contributed by atoms with Crippen molar-refractivity contribution in [3.63, 3.8) is 0 Å². The molecule has 0 unspecified atom stereocenters. The average Bonchev–Trinajstić information content (AvgIpc) is 2.69. The Hall–Kier alpha value is -3.01. The second-order valence-electron chi connectivity index (χ2n) is 5.88. The summed E-state index contributed by atoms with van der Waals surface area (Å²) in [5.41, 5.74) is 0.440. The summed E-state index contributed by atoms with van der Waals surface area (Å²) in [6.07, 6.45) is 3.09. The van der Waals surface area contributed by atoms with Gasteiger partial charge in [0.15, 0.2) is 0 Å². The Morgan fingerprint density at radius 2 is 1.48 bits per heavy atom. The fraction of sp³-hybridized carbons (Fsp3) is 0.235. The molecule has 2 heterocycles. The molecule has 2 aromatic rings. The van der Waals surface area contributed by atoms with E-state index in [4.69, 9.17) is 0 Å². The van der Waals surface area contributed by atoms with E-state index in [0.29, 0.717) is 31.7 Å². The summed E-state index contributed by atoms with van der Waals surface area (Å²) < 4.78 is 37.1. The van der Waals surface area contributed by atoms with E-state index in [2.05, 4.69) is 4.98 Å². The lowest BCUT2D eigenvalue weighted by molar-refractivity contribution is 0.0535. The Morgan fingerprint density at radius 3 is 2.00 bits per heavy atom. The summed E-state index contributed by atoms with van der Waals surface area (Å²) in [6.45, 7) is 1.38.